The highest BCUT2D eigenvalue weighted by Gasteiger charge is 2.24. The molecule has 0 spiro atoms. The van der Waals surface area contributed by atoms with Gasteiger partial charge in [-0.25, -0.2) is 9.36 Å². The summed E-state index contributed by atoms with van der Waals surface area (Å²) in [6.45, 7) is 5.37. The van der Waals surface area contributed by atoms with E-state index in [1.165, 1.54) is 4.57 Å². The topological polar surface area (TPSA) is 55.0 Å². The molecule has 2 aromatic rings. The Morgan fingerprint density at radius 1 is 1.37 bits per heavy atom. The highest BCUT2D eigenvalue weighted by molar-refractivity contribution is 9.10. The maximum Gasteiger partial charge on any atom is 0.420 e. The summed E-state index contributed by atoms with van der Waals surface area (Å²) in [5, 5.41) is 10.0. The van der Waals surface area contributed by atoms with Crippen LogP contribution in [0.1, 0.15) is 26.5 Å². The van der Waals surface area contributed by atoms with E-state index in [9.17, 15) is 10.1 Å². The number of carbonyl (C=O) groups excluding carboxylic acids is 1. The first-order valence-corrected chi connectivity index (χ1v) is 6.57. The molecule has 0 unspecified atom stereocenters. The van der Waals surface area contributed by atoms with Crippen molar-refractivity contribution in [2.75, 3.05) is 0 Å². The molecule has 0 atom stereocenters. The molecule has 0 radical (unpaired) electrons. The van der Waals surface area contributed by atoms with Crippen LogP contribution in [0.3, 0.4) is 0 Å². The van der Waals surface area contributed by atoms with Crippen LogP contribution >= 0.6 is 15.9 Å². The van der Waals surface area contributed by atoms with Gasteiger partial charge >= 0.3 is 6.09 Å². The molecule has 0 aliphatic carbocycles. The van der Waals surface area contributed by atoms with Gasteiger partial charge in [-0.3, -0.25) is 0 Å². The molecular weight excluding hydrogens is 308 g/mol. The third-order valence-corrected chi connectivity index (χ3v) is 3.30. The Morgan fingerprint density at radius 2 is 2.00 bits per heavy atom. The number of halogens is 1. The Hall–Kier alpha value is -1.80. The molecule has 1 aromatic carbocycles. The smallest absolute Gasteiger partial charge is 0.420 e. The molecule has 5 heteroatoms. The van der Waals surface area contributed by atoms with Crippen molar-refractivity contribution in [2.45, 2.75) is 26.4 Å². The first-order valence-electron chi connectivity index (χ1n) is 5.77. The quantitative estimate of drug-likeness (QED) is 0.735. The van der Waals surface area contributed by atoms with Crippen LogP contribution in [0.25, 0.3) is 10.9 Å². The summed E-state index contributed by atoms with van der Waals surface area (Å²) in [5.41, 5.74) is 0.289. The van der Waals surface area contributed by atoms with Crippen LogP contribution in [-0.2, 0) is 4.74 Å². The molecule has 1 heterocycles. The average Bonchev–Trinajstić information content (AvgIpc) is 2.60. The maximum absolute atomic E-state index is 12.2. The summed E-state index contributed by atoms with van der Waals surface area (Å²) in [6.07, 6.45) is -0.550. The standard InChI is InChI=1S/C14H13BrN2O2/c1-14(2,3)19-13(18)17-10-7-5-4-6-9(10)12(15)11(17)8-16/h4-7H,1-3H3. The van der Waals surface area contributed by atoms with Gasteiger partial charge in [0.2, 0.25) is 0 Å². The minimum absolute atomic E-state index is 0.246. The lowest BCUT2D eigenvalue weighted by Crippen LogP contribution is -2.27. The molecule has 0 amide bonds. The number of ether oxygens (including phenoxy) is 1. The van der Waals surface area contributed by atoms with Crippen molar-refractivity contribution in [3.63, 3.8) is 0 Å². The summed E-state index contributed by atoms with van der Waals surface area (Å²) in [7, 11) is 0. The second-order valence-electron chi connectivity index (χ2n) is 5.11. The number of carbonyl (C=O) groups is 1. The van der Waals surface area contributed by atoms with Crippen LogP contribution in [0.15, 0.2) is 28.7 Å². The molecule has 2 rings (SSSR count). The van der Waals surface area contributed by atoms with E-state index in [0.29, 0.717) is 9.99 Å². The minimum atomic E-state index is -0.609. The Balaban J connectivity index is 2.66. The largest absolute Gasteiger partial charge is 0.443 e. The van der Waals surface area contributed by atoms with Crippen LogP contribution in [0, 0.1) is 11.3 Å². The fraction of sp³-hybridized carbons (Fsp3) is 0.286. The van der Waals surface area contributed by atoms with Gasteiger partial charge in [0, 0.05) is 5.39 Å². The van der Waals surface area contributed by atoms with E-state index < -0.39 is 11.7 Å². The number of para-hydroxylation sites is 1. The number of nitrogens with zero attached hydrogens (tertiary/aromatic N) is 2. The number of rotatable bonds is 0. The van der Waals surface area contributed by atoms with E-state index in [-0.39, 0.29) is 5.69 Å². The van der Waals surface area contributed by atoms with Gasteiger partial charge in [-0.15, -0.1) is 0 Å². The number of nitriles is 1. The molecule has 19 heavy (non-hydrogen) atoms. The Kier molecular flexibility index (Phi) is 3.38. The van der Waals surface area contributed by atoms with Crippen molar-refractivity contribution in [3.8, 4) is 6.07 Å². The van der Waals surface area contributed by atoms with E-state index >= 15 is 0 Å². The van der Waals surface area contributed by atoms with Gasteiger partial charge in [0.15, 0.2) is 0 Å². The number of hydrogen-bond donors (Lipinski definition) is 0. The number of fused-ring (bicyclic) bond motifs is 1. The predicted octanol–water partition coefficient (Wildman–Crippen LogP) is 4.06. The van der Waals surface area contributed by atoms with Crippen LogP contribution in [-0.4, -0.2) is 16.3 Å². The van der Waals surface area contributed by atoms with E-state index in [2.05, 4.69) is 15.9 Å². The molecule has 0 saturated heterocycles. The summed E-state index contributed by atoms with van der Waals surface area (Å²) in [5.74, 6) is 0. The molecule has 0 saturated carbocycles. The fourth-order valence-electron chi connectivity index (χ4n) is 1.80. The van der Waals surface area contributed by atoms with Gasteiger partial charge in [-0.2, -0.15) is 5.26 Å². The van der Waals surface area contributed by atoms with Gasteiger partial charge < -0.3 is 4.74 Å². The first-order chi connectivity index (χ1) is 8.85. The van der Waals surface area contributed by atoms with Gasteiger partial charge in [-0.1, -0.05) is 18.2 Å². The highest BCUT2D eigenvalue weighted by Crippen LogP contribution is 2.31. The molecule has 0 fully saturated rings. The second-order valence-corrected chi connectivity index (χ2v) is 5.90. The molecule has 4 nitrogen and oxygen atoms in total. The van der Waals surface area contributed by atoms with E-state index in [0.717, 1.165) is 5.39 Å². The summed E-state index contributed by atoms with van der Waals surface area (Å²) in [6, 6.07) is 9.34. The monoisotopic (exact) mass is 320 g/mol. The lowest BCUT2D eigenvalue weighted by atomic mass is 10.2. The predicted molar refractivity (Wildman–Crippen MR) is 76.0 cm³/mol. The Labute approximate surface area is 119 Å². The minimum Gasteiger partial charge on any atom is -0.443 e. The first kappa shape index (κ1) is 13.6. The van der Waals surface area contributed by atoms with Crippen molar-refractivity contribution in [3.05, 3.63) is 34.4 Å². The molecule has 0 aliphatic rings. The van der Waals surface area contributed by atoms with Crippen LogP contribution < -0.4 is 0 Å². The van der Waals surface area contributed by atoms with Crippen LogP contribution in [0.2, 0.25) is 0 Å². The third-order valence-electron chi connectivity index (χ3n) is 2.49. The van der Waals surface area contributed by atoms with Gasteiger partial charge in [0.25, 0.3) is 0 Å². The average molecular weight is 321 g/mol. The number of benzene rings is 1. The lowest BCUT2D eigenvalue weighted by molar-refractivity contribution is 0.0543. The lowest BCUT2D eigenvalue weighted by Gasteiger charge is -2.20. The molecule has 98 valence electrons. The third kappa shape index (κ3) is 2.49. The molecule has 0 aliphatic heterocycles. The van der Waals surface area contributed by atoms with Crippen molar-refractivity contribution in [1.29, 1.82) is 5.26 Å². The van der Waals surface area contributed by atoms with E-state index in [1.807, 2.05) is 24.3 Å². The number of aromatic nitrogens is 1. The number of hydrogen-bond acceptors (Lipinski definition) is 3. The zero-order chi connectivity index (χ0) is 14.2. The summed E-state index contributed by atoms with van der Waals surface area (Å²) in [4.78, 5) is 12.2. The normalized spacial score (nSPS) is 11.3. The highest BCUT2D eigenvalue weighted by atomic mass is 79.9. The van der Waals surface area contributed by atoms with Crippen molar-refractivity contribution >= 4 is 32.9 Å². The molecule has 0 bridgehead atoms. The second kappa shape index (κ2) is 4.71. The van der Waals surface area contributed by atoms with E-state index in [4.69, 9.17) is 4.74 Å². The van der Waals surface area contributed by atoms with E-state index in [1.54, 1.807) is 26.8 Å². The summed E-state index contributed by atoms with van der Waals surface area (Å²) >= 11 is 3.36. The SMILES string of the molecule is CC(C)(C)OC(=O)n1c(C#N)c(Br)c2ccccc21. The summed E-state index contributed by atoms with van der Waals surface area (Å²) < 4.78 is 7.24. The Bertz CT molecular complexity index is 690. The van der Waals surface area contributed by atoms with Crippen molar-refractivity contribution in [1.82, 2.24) is 4.57 Å². The van der Waals surface area contributed by atoms with Gasteiger partial charge in [-0.05, 0) is 42.8 Å². The van der Waals surface area contributed by atoms with Gasteiger partial charge in [0.05, 0.1) is 9.99 Å². The van der Waals surface area contributed by atoms with Crippen LogP contribution in [0.4, 0.5) is 4.79 Å². The zero-order valence-corrected chi connectivity index (χ0v) is 12.5. The molecule has 0 N–H and O–H groups in total. The molecular formula is C14H13BrN2O2. The molecule has 1 aromatic heterocycles. The maximum atomic E-state index is 12.2. The Morgan fingerprint density at radius 3 is 2.58 bits per heavy atom. The van der Waals surface area contributed by atoms with Crippen molar-refractivity contribution in [2.24, 2.45) is 0 Å². The van der Waals surface area contributed by atoms with Crippen LogP contribution in [0.5, 0.6) is 0 Å². The zero-order valence-electron chi connectivity index (χ0n) is 10.9. The fourth-order valence-corrected chi connectivity index (χ4v) is 2.40. The van der Waals surface area contributed by atoms with Crippen molar-refractivity contribution < 1.29 is 9.53 Å². The van der Waals surface area contributed by atoms with Gasteiger partial charge in [0.1, 0.15) is 17.4 Å².